The highest BCUT2D eigenvalue weighted by molar-refractivity contribution is 5.96. The molecule has 4 aromatic rings. The maximum absolute atomic E-state index is 12.4. The van der Waals surface area contributed by atoms with Crippen LogP contribution in [0.1, 0.15) is 18.2 Å². The van der Waals surface area contributed by atoms with E-state index in [0.717, 1.165) is 5.69 Å². The lowest BCUT2D eigenvalue weighted by atomic mass is 10.1. The summed E-state index contributed by atoms with van der Waals surface area (Å²) in [7, 11) is 0. The second-order valence-corrected chi connectivity index (χ2v) is 6.34. The SMILES string of the molecule is O=C1CC(c2noc(-c3cc(-c4ccco4)n[nH]3)n2)CN1c1ccccc1. The lowest BCUT2D eigenvalue weighted by molar-refractivity contribution is -0.117. The van der Waals surface area contributed by atoms with E-state index in [9.17, 15) is 4.79 Å². The van der Waals surface area contributed by atoms with Crippen LogP contribution in [0.2, 0.25) is 0 Å². The maximum Gasteiger partial charge on any atom is 0.275 e. The second kappa shape index (κ2) is 6.24. The molecule has 3 aromatic heterocycles. The van der Waals surface area contributed by atoms with Crippen molar-refractivity contribution in [2.45, 2.75) is 12.3 Å². The third-order valence-corrected chi connectivity index (χ3v) is 4.58. The molecular weight excluding hydrogens is 346 g/mol. The molecule has 1 unspecified atom stereocenters. The molecule has 1 amide bonds. The molecule has 27 heavy (non-hydrogen) atoms. The number of aromatic amines is 1. The molecule has 1 atom stereocenters. The van der Waals surface area contributed by atoms with E-state index in [4.69, 9.17) is 8.94 Å². The van der Waals surface area contributed by atoms with E-state index in [2.05, 4.69) is 20.3 Å². The normalized spacial score (nSPS) is 17.0. The molecule has 4 heterocycles. The molecular formula is C19H15N5O3. The number of carbonyl (C=O) groups excluding carboxylic acids is 1. The Morgan fingerprint density at radius 2 is 2.04 bits per heavy atom. The number of benzene rings is 1. The number of para-hydroxylation sites is 1. The molecule has 1 aromatic carbocycles. The van der Waals surface area contributed by atoms with Gasteiger partial charge in [0.05, 0.1) is 6.26 Å². The number of rotatable bonds is 4. The number of nitrogens with one attached hydrogen (secondary N) is 1. The van der Waals surface area contributed by atoms with E-state index in [-0.39, 0.29) is 11.8 Å². The van der Waals surface area contributed by atoms with Crippen molar-refractivity contribution in [3.8, 4) is 23.0 Å². The summed E-state index contributed by atoms with van der Waals surface area (Å²) in [6, 6.07) is 15.0. The van der Waals surface area contributed by atoms with Gasteiger partial charge < -0.3 is 13.8 Å². The largest absolute Gasteiger partial charge is 0.463 e. The number of nitrogens with zero attached hydrogens (tertiary/aromatic N) is 4. The third kappa shape index (κ3) is 2.80. The number of furan rings is 1. The van der Waals surface area contributed by atoms with Crippen LogP contribution in [-0.2, 0) is 4.79 Å². The molecule has 0 aliphatic carbocycles. The van der Waals surface area contributed by atoms with E-state index in [1.54, 1.807) is 23.3 Å². The van der Waals surface area contributed by atoms with Gasteiger partial charge in [-0.3, -0.25) is 9.89 Å². The standard InChI is InChI=1S/C19H15N5O3/c25-17-9-12(11-24(17)13-5-2-1-3-6-13)18-20-19(27-23-18)15-10-14(21-22-15)16-7-4-8-26-16/h1-8,10,12H,9,11H2,(H,21,22). The van der Waals surface area contributed by atoms with Crippen LogP contribution in [0, 0.1) is 0 Å². The summed E-state index contributed by atoms with van der Waals surface area (Å²) in [6.45, 7) is 0.530. The molecule has 1 saturated heterocycles. The minimum Gasteiger partial charge on any atom is -0.463 e. The van der Waals surface area contributed by atoms with Crippen molar-refractivity contribution < 1.29 is 13.7 Å². The van der Waals surface area contributed by atoms with Crippen LogP contribution in [0.3, 0.4) is 0 Å². The van der Waals surface area contributed by atoms with Gasteiger partial charge in [-0.15, -0.1) is 0 Å². The smallest absolute Gasteiger partial charge is 0.275 e. The Bertz CT molecular complexity index is 1070. The molecule has 8 heteroatoms. The fraction of sp³-hybridized carbons (Fsp3) is 0.158. The summed E-state index contributed by atoms with van der Waals surface area (Å²) in [6.07, 6.45) is 1.94. The molecule has 8 nitrogen and oxygen atoms in total. The van der Waals surface area contributed by atoms with Gasteiger partial charge in [-0.05, 0) is 24.3 Å². The minimum absolute atomic E-state index is 0.0548. The number of hydrogen-bond acceptors (Lipinski definition) is 6. The van der Waals surface area contributed by atoms with Crippen LogP contribution >= 0.6 is 0 Å². The van der Waals surface area contributed by atoms with Crippen molar-refractivity contribution in [2.24, 2.45) is 0 Å². The van der Waals surface area contributed by atoms with E-state index >= 15 is 0 Å². The Morgan fingerprint density at radius 1 is 1.15 bits per heavy atom. The molecule has 0 bridgehead atoms. The average Bonchev–Trinajstić information content (AvgIpc) is 3.46. The fourth-order valence-corrected chi connectivity index (χ4v) is 3.23. The molecule has 0 radical (unpaired) electrons. The zero-order valence-electron chi connectivity index (χ0n) is 14.2. The van der Waals surface area contributed by atoms with Gasteiger partial charge in [0.2, 0.25) is 5.91 Å². The Labute approximate surface area is 153 Å². The Kier molecular flexibility index (Phi) is 3.60. The lowest BCUT2D eigenvalue weighted by Crippen LogP contribution is -2.24. The van der Waals surface area contributed by atoms with Crippen LogP contribution in [0.15, 0.2) is 63.7 Å². The van der Waals surface area contributed by atoms with E-state index in [1.165, 1.54) is 0 Å². The summed E-state index contributed by atoms with van der Waals surface area (Å²) in [5, 5.41) is 11.1. The van der Waals surface area contributed by atoms with Gasteiger partial charge in [-0.25, -0.2) is 0 Å². The summed E-state index contributed by atoms with van der Waals surface area (Å²) >= 11 is 0. The van der Waals surface area contributed by atoms with Gasteiger partial charge in [-0.2, -0.15) is 10.1 Å². The monoisotopic (exact) mass is 361 g/mol. The first-order valence-electron chi connectivity index (χ1n) is 8.56. The van der Waals surface area contributed by atoms with Crippen molar-refractivity contribution >= 4 is 11.6 Å². The zero-order valence-corrected chi connectivity index (χ0v) is 14.2. The van der Waals surface area contributed by atoms with Gasteiger partial charge in [0.15, 0.2) is 11.6 Å². The van der Waals surface area contributed by atoms with Crippen LogP contribution in [0.4, 0.5) is 5.69 Å². The van der Waals surface area contributed by atoms with Crippen molar-refractivity contribution in [1.82, 2.24) is 20.3 Å². The van der Waals surface area contributed by atoms with E-state index < -0.39 is 0 Å². The topological polar surface area (TPSA) is 101 Å². The predicted molar refractivity (Wildman–Crippen MR) is 95.7 cm³/mol. The number of aromatic nitrogens is 4. The van der Waals surface area contributed by atoms with Crippen molar-refractivity contribution in [3.05, 3.63) is 60.6 Å². The molecule has 1 N–H and O–H groups in total. The molecule has 1 aliphatic heterocycles. The first kappa shape index (κ1) is 15.6. The molecule has 1 fully saturated rings. The van der Waals surface area contributed by atoms with Crippen LogP contribution in [0.5, 0.6) is 0 Å². The highest BCUT2D eigenvalue weighted by Crippen LogP contribution is 2.31. The second-order valence-electron chi connectivity index (χ2n) is 6.34. The van der Waals surface area contributed by atoms with Crippen molar-refractivity contribution in [2.75, 3.05) is 11.4 Å². The Morgan fingerprint density at radius 3 is 2.85 bits per heavy atom. The average molecular weight is 361 g/mol. The van der Waals surface area contributed by atoms with Gasteiger partial charge >= 0.3 is 0 Å². The Hall–Kier alpha value is -3.68. The molecule has 0 spiro atoms. The summed E-state index contributed by atoms with van der Waals surface area (Å²) < 4.78 is 10.7. The minimum atomic E-state index is -0.109. The highest BCUT2D eigenvalue weighted by atomic mass is 16.5. The quantitative estimate of drug-likeness (QED) is 0.599. The fourth-order valence-electron chi connectivity index (χ4n) is 3.23. The highest BCUT2D eigenvalue weighted by Gasteiger charge is 2.34. The van der Waals surface area contributed by atoms with Crippen LogP contribution in [0.25, 0.3) is 23.0 Å². The summed E-state index contributed by atoms with van der Waals surface area (Å²) in [5.74, 6) is 1.45. The predicted octanol–water partition coefficient (Wildman–Crippen LogP) is 3.24. The van der Waals surface area contributed by atoms with Crippen molar-refractivity contribution in [3.63, 3.8) is 0 Å². The first-order valence-corrected chi connectivity index (χ1v) is 8.56. The number of anilines is 1. The number of carbonyl (C=O) groups is 1. The molecule has 134 valence electrons. The van der Waals surface area contributed by atoms with Gasteiger partial charge in [0.1, 0.15) is 11.4 Å². The summed E-state index contributed by atoms with van der Waals surface area (Å²) in [4.78, 5) is 18.6. The van der Waals surface area contributed by atoms with E-state index in [0.29, 0.717) is 41.8 Å². The Balaban J connectivity index is 1.36. The number of hydrogen-bond donors (Lipinski definition) is 1. The summed E-state index contributed by atoms with van der Waals surface area (Å²) in [5.41, 5.74) is 2.14. The molecule has 5 rings (SSSR count). The zero-order chi connectivity index (χ0) is 18.2. The number of H-pyrrole nitrogens is 1. The lowest BCUT2D eigenvalue weighted by Gasteiger charge is -2.15. The van der Waals surface area contributed by atoms with Gasteiger partial charge in [0.25, 0.3) is 5.89 Å². The maximum atomic E-state index is 12.4. The third-order valence-electron chi connectivity index (χ3n) is 4.58. The van der Waals surface area contributed by atoms with Crippen molar-refractivity contribution in [1.29, 1.82) is 0 Å². The van der Waals surface area contributed by atoms with Crippen LogP contribution in [-0.4, -0.2) is 32.8 Å². The first-order chi connectivity index (χ1) is 13.3. The van der Waals surface area contributed by atoms with Crippen LogP contribution < -0.4 is 4.90 Å². The van der Waals surface area contributed by atoms with E-state index in [1.807, 2.05) is 36.4 Å². The molecule has 0 saturated carbocycles. The molecule has 1 aliphatic rings. The van der Waals surface area contributed by atoms with Gasteiger partial charge in [-0.1, -0.05) is 23.4 Å². The number of amides is 1. The van der Waals surface area contributed by atoms with Gasteiger partial charge in [0, 0.05) is 30.6 Å².